The molecule has 0 saturated carbocycles. The Labute approximate surface area is 242 Å². The molecule has 3 aromatic carbocycles. The number of sulfonamides is 1. The molecule has 3 aromatic rings. The van der Waals surface area contributed by atoms with E-state index in [0.717, 1.165) is 15.6 Å². The van der Waals surface area contributed by atoms with Crippen molar-refractivity contribution in [2.45, 2.75) is 42.4 Å². The molecule has 1 N–H and O–H groups in total. The first-order valence-electron chi connectivity index (χ1n) is 13.3. The highest BCUT2D eigenvalue weighted by atomic mass is 79.9. The van der Waals surface area contributed by atoms with Gasteiger partial charge in [-0.2, -0.15) is 4.31 Å². The molecule has 208 valence electrons. The number of amides is 2. The van der Waals surface area contributed by atoms with E-state index in [4.69, 9.17) is 4.74 Å². The van der Waals surface area contributed by atoms with Gasteiger partial charge in [0.25, 0.3) is 0 Å². The zero-order valence-corrected chi connectivity index (χ0v) is 24.4. The van der Waals surface area contributed by atoms with Crippen molar-refractivity contribution in [2.24, 2.45) is 11.8 Å². The van der Waals surface area contributed by atoms with E-state index >= 15 is 0 Å². The highest BCUT2D eigenvalue weighted by molar-refractivity contribution is 9.10. The number of nitrogens with zero attached hydrogens (tertiary/aromatic N) is 2. The maximum Gasteiger partial charge on any atom is 0.244 e. The molecule has 3 aliphatic heterocycles. The topological polar surface area (TPSA) is 96.0 Å². The van der Waals surface area contributed by atoms with Crippen LogP contribution in [0, 0.1) is 11.8 Å². The highest BCUT2D eigenvalue weighted by Crippen LogP contribution is 2.59. The summed E-state index contributed by atoms with van der Waals surface area (Å²) >= 11 is 3.42. The lowest BCUT2D eigenvalue weighted by atomic mass is 9.72. The Hall–Kier alpha value is -3.21. The maximum atomic E-state index is 14.3. The molecule has 3 aliphatic rings. The minimum atomic E-state index is -4.04. The summed E-state index contributed by atoms with van der Waals surface area (Å²) in [7, 11) is -2.55. The number of carbonyl (C=O) groups excluding carboxylic acids is 2. The van der Waals surface area contributed by atoms with Crippen LogP contribution in [0.5, 0.6) is 5.75 Å². The summed E-state index contributed by atoms with van der Waals surface area (Å²) in [6, 6.07) is 23.0. The summed E-state index contributed by atoms with van der Waals surface area (Å²) in [6.45, 7) is 0.907. The Morgan fingerprint density at radius 2 is 1.80 bits per heavy atom. The van der Waals surface area contributed by atoms with Crippen molar-refractivity contribution in [2.75, 3.05) is 13.7 Å². The first-order valence-corrected chi connectivity index (χ1v) is 15.5. The fourth-order valence-electron chi connectivity index (χ4n) is 6.83. The number of halogens is 1. The third-order valence-electron chi connectivity index (χ3n) is 8.51. The highest BCUT2D eigenvalue weighted by Gasteiger charge is 2.74. The molecule has 0 radical (unpaired) electrons. The van der Waals surface area contributed by atoms with Gasteiger partial charge in [0.2, 0.25) is 21.8 Å². The van der Waals surface area contributed by atoms with Crippen molar-refractivity contribution >= 4 is 37.8 Å². The number of benzene rings is 3. The van der Waals surface area contributed by atoms with E-state index in [-0.39, 0.29) is 23.3 Å². The monoisotopic (exact) mass is 623 g/mol. The van der Waals surface area contributed by atoms with Crippen LogP contribution in [0.15, 0.2) is 88.2 Å². The van der Waals surface area contributed by atoms with E-state index in [1.165, 1.54) is 17.5 Å². The number of likely N-dealkylation sites (tertiary alicyclic amines) is 1. The van der Waals surface area contributed by atoms with Gasteiger partial charge in [-0.25, -0.2) is 8.42 Å². The number of ether oxygens (including phenoxy) is 1. The third kappa shape index (κ3) is 4.42. The second-order valence-electron chi connectivity index (χ2n) is 10.7. The summed E-state index contributed by atoms with van der Waals surface area (Å²) in [5, 5.41) is 3.00. The number of rotatable bonds is 8. The van der Waals surface area contributed by atoms with Crippen LogP contribution in [0.3, 0.4) is 0 Å². The predicted molar refractivity (Wildman–Crippen MR) is 153 cm³/mol. The minimum absolute atomic E-state index is 0.0988. The van der Waals surface area contributed by atoms with Gasteiger partial charge >= 0.3 is 0 Å². The van der Waals surface area contributed by atoms with Gasteiger partial charge in [-0.3, -0.25) is 9.59 Å². The molecule has 3 fully saturated rings. The average Bonchev–Trinajstić information content (AvgIpc) is 3.57. The lowest BCUT2D eigenvalue weighted by molar-refractivity contribution is -0.138. The second kappa shape index (κ2) is 10.3. The molecule has 3 saturated heterocycles. The summed E-state index contributed by atoms with van der Waals surface area (Å²) in [5.41, 5.74) is 0.886. The summed E-state index contributed by atoms with van der Waals surface area (Å²) < 4.78 is 36.3. The van der Waals surface area contributed by atoms with E-state index in [1.54, 1.807) is 23.1 Å². The van der Waals surface area contributed by atoms with Crippen LogP contribution in [0.2, 0.25) is 0 Å². The molecule has 6 rings (SSSR count). The molecule has 0 aromatic heterocycles. The van der Waals surface area contributed by atoms with E-state index in [1.807, 2.05) is 54.6 Å². The molecular formula is C30H30BrN3O5S. The standard InChI is InChI=1S/C30H30BrN3O5S/c1-39-23-8-5-9-24(16-23)40(37,38)34-25-14-15-30(34)19-33(18-21-6-3-2-4-7-21)29(36)27(30)26(25)28(35)32-17-20-10-12-22(31)13-11-20/h2-13,16,25-27H,14-15,17-19H2,1H3,(H,32,35)/t25-,26+,27+,30-/m1/s1. The van der Waals surface area contributed by atoms with Crippen molar-refractivity contribution in [1.82, 2.24) is 14.5 Å². The van der Waals surface area contributed by atoms with Crippen molar-refractivity contribution in [3.05, 3.63) is 94.5 Å². The van der Waals surface area contributed by atoms with Crippen LogP contribution in [0.25, 0.3) is 0 Å². The van der Waals surface area contributed by atoms with E-state index in [0.29, 0.717) is 31.7 Å². The van der Waals surface area contributed by atoms with Crippen LogP contribution >= 0.6 is 15.9 Å². The maximum absolute atomic E-state index is 14.3. The van der Waals surface area contributed by atoms with Crippen LogP contribution in [0.4, 0.5) is 0 Å². The van der Waals surface area contributed by atoms with Gasteiger partial charge in [0.05, 0.1) is 29.4 Å². The van der Waals surface area contributed by atoms with Gasteiger partial charge < -0.3 is 15.0 Å². The minimum Gasteiger partial charge on any atom is -0.497 e. The van der Waals surface area contributed by atoms with E-state index in [9.17, 15) is 18.0 Å². The quantitative estimate of drug-likeness (QED) is 0.410. The SMILES string of the molecule is COc1cccc(S(=O)(=O)N2[C@@H]3CC[C@]24CN(Cc2ccccc2)C(=O)[C@@H]4[C@H]3C(=O)NCc2ccc(Br)cc2)c1. The first kappa shape index (κ1) is 27.0. The third-order valence-corrected chi connectivity index (χ3v) is 11.0. The molecule has 0 aliphatic carbocycles. The van der Waals surface area contributed by atoms with Crippen LogP contribution in [-0.4, -0.2) is 54.7 Å². The Morgan fingerprint density at radius 1 is 1.05 bits per heavy atom. The van der Waals surface area contributed by atoms with Crippen molar-refractivity contribution in [3.8, 4) is 5.75 Å². The number of nitrogens with one attached hydrogen (secondary N) is 1. The Bertz CT molecular complexity index is 1550. The molecule has 8 nitrogen and oxygen atoms in total. The Kier molecular flexibility index (Phi) is 6.96. The smallest absolute Gasteiger partial charge is 0.244 e. The zero-order chi connectivity index (χ0) is 28.1. The number of hydrogen-bond donors (Lipinski definition) is 1. The molecular weight excluding hydrogens is 594 g/mol. The van der Waals surface area contributed by atoms with Crippen molar-refractivity contribution in [1.29, 1.82) is 0 Å². The van der Waals surface area contributed by atoms with Gasteiger partial charge in [-0.05, 0) is 48.2 Å². The lowest BCUT2D eigenvalue weighted by Crippen LogP contribution is -2.49. The number of methoxy groups -OCH3 is 1. The Balaban J connectivity index is 1.36. The van der Waals surface area contributed by atoms with Gasteiger partial charge in [0, 0.05) is 36.2 Å². The summed E-state index contributed by atoms with van der Waals surface area (Å²) in [4.78, 5) is 29.6. The number of fused-ring (bicyclic) bond motifs is 1. The molecule has 0 unspecified atom stereocenters. The van der Waals surface area contributed by atoms with Gasteiger partial charge in [0.15, 0.2) is 0 Å². The fourth-order valence-corrected chi connectivity index (χ4v) is 9.17. The van der Waals surface area contributed by atoms with Gasteiger partial charge in [-0.15, -0.1) is 0 Å². The molecule has 40 heavy (non-hydrogen) atoms. The largest absolute Gasteiger partial charge is 0.497 e. The molecule has 10 heteroatoms. The van der Waals surface area contributed by atoms with Crippen LogP contribution in [0.1, 0.15) is 24.0 Å². The van der Waals surface area contributed by atoms with Crippen molar-refractivity contribution < 1.29 is 22.7 Å². The van der Waals surface area contributed by atoms with E-state index < -0.39 is 33.4 Å². The molecule has 4 atom stereocenters. The Morgan fingerprint density at radius 3 is 2.52 bits per heavy atom. The molecule has 2 bridgehead atoms. The zero-order valence-electron chi connectivity index (χ0n) is 22.0. The van der Waals surface area contributed by atoms with Crippen LogP contribution in [-0.2, 0) is 32.7 Å². The van der Waals surface area contributed by atoms with Crippen LogP contribution < -0.4 is 10.1 Å². The fraction of sp³-hybridized carbons (Fsp3) is 0.333. The molecule has 1 spiro atoms. The van der Waals surface area contributed by atoms with E-state index in [2.05, 4.69) is 21.2 Å². The van der Waals surface area contributed by atoms with Gasteiger partial charge in [-0.1, -0.05) is 64.5 Å². The normalized spacial score (nSPS) is 25.7. The predicted octanol–water partition coefficient (Wildman–Crippen LogP) is 3.95. The van der Waals surface area contributed by atoms with Gasteiger partial charge in [0.1, 0.15) is 5.75 Å². The number of carbonyl (C=O) groups is 2. The van der Waals surface area contributed by atoms with Crippen molar-refractivity contribution in [3.63, 3.8) is 0 Å². The first-order chi connectivity index (χ1) is 19.2. The molecule has 2 amide bonds. The summed E-state index contributed by atoms with van der Waals surface area (Å²) in [5.74, 6) is -1.56. The summed E-state index contributed by atoms with van der Waals surface area (Å²) in [6.07, 6.45) is 1.04. The lowest BCUT2D eigenvalue weighted by Gasteiger charge is -2.33. The second-order valence-corrected chi connectivity index (χ2v) is 13.4. The number of hydrogen-bond acceptors (Lipinski definition) is 5. The molecule has 3 heterocycles. The average molecular weight is 625 g/mol.